The van der Waals surface area contributed by atoms with Gasteiger partial charge in [-0.3, -0.25) is 0 Å². The summed E-state index contributed by atoms with van der Waals surface area (Å²) < 4.78 is 11.2. The maximum atomic E-state index is 11.2. The van der Waals surface area contributed by atoms with E-state index in [0.29, 0.717) is 5.75 Å². The molecule has 0 aromatic rings. The fourth-order valence-electron chi connectivity index (χ4n) is 1.60. The molecule has 0 aliphatic carbocycles. The normalized spacial score (nSPS) is 13.0. The van der Waals surface area contributed by atoms with Crippen molar-refractivity contribution in [2.75, 3.05) is 18.1 Å². The second kappa shape index (κ2) is 12.3. The first kappa shape index (κ1) is 15.3. The Morgan fingerprint density at radius 3 is 1.93 bits per heavy atom. The first-order chi connectivity index (χ1) is 7.31. The van der Waals surface area contributed by atoms with Crippen molar-refractivity contribution in [2.24, 2.45) is 0 Å². The number of hydrogen-bond acceptors (Lipinski definition) is 2. The molecule has 1 atom stereocenters. The van der Waals surface area contributed by atoms with Crippen LogP contribution in [-0.2, 0) is 11.2 Å². The number of aliphatic hydroxyl groups is 1. The van der Waals surface area contributed by atoms with Gasteiger partial charge >= 0.3 is 0 Å². The molecule has 2 nitrogen and oxygen atoms in total. The molecule has 0 saturated carbocycles. The highest BCUT2D eigenvalue weighted by molar-refractivity contribution is 7.91. The molecule has 0 amide bonds. The van der Waals surface area contributed by atoms with E-state index in [0.717, 1.165) is 12.2 Å². The lowest BCUT2D eigenvalue weighted by atomic mass is 10.1. The van der Waals surface area contributed by atoms with Crippen LogP contribution in [0.3, 0.4) is 0 Å². The molecule has 0 saturated heterocycles. The van der Waals surface area contributed by atoms with Crippen LogP contribution >= 0.6 is 0 Å². The minimum atomic E-state index is -0.780. The zero-order valence-corrected chi connectivity index (χ0v) is 10.9. The van der Waals surface area contributed by atoms with Gasteiger partial charge in [-0.1, -0.05) is 56.6 Å². The van der Waals surface area contributed by atoms with Crippen LogP contribution in [0.2, 0.25) is 0 Å². The summed E-state index contributed by atoms with van der Waals surface area (Å²) in [6.45, 7) is 2.29. The van der Waals surface area contributed by atoms with Gasteiger partial charge in [0.15, 0.2) is 0 Å². The highest BCUT2D eigenvalue weighted by Gasteiger charge is 2.03. The van der Waals surface area contributed by atoms with Crippen LogP contribution < -0.4 is 0 Å². The fraction of sp³-hybridized carbons (Fsp3) is 1.00. The molecular weight excluding hydrogens is 208 g/mol. The van der Waals surface area contributed by atoms with Crippen molar-refractivity contribution in [2.45, 2.75) is 58.3 Å². The maximum absolute atomic E-state index is 11.2. The van der Waals surface area contributed by atoms with E-state index in [2.05, 4.69) is 6.92 Å². The summed E-state index contributed by atoms with van der Waals surface area (Å²) in [6.07, 6.45) is 10.2. The van der Waals surface area contributed by atoms with Gasteiger partial charge in [-0.05, 0) is 12.8 Å². The minimum absolute atomic E-state index is 0.0592. The lowest BCUT2D eigenvalue weighted by molar-refractivity contribution is 0.319. The Morgan fingerprint density at radius 1 is 0.867 bits per heavy atom. The van der Waals surface area contributed by atoms with E-state index in [-0.39, 0.29) is 6.61 Å². The minimum Gasteiger partial charge on any atom is -0.616 e. The summed E-state index contributed by atoms with van der Waals surface area (Å²) in [4.78, 5) is 0. The van der Waals surface area contributed by atoms with Crippen LogP contribution in [0.25, 0.3) is 0 Å². The molecule has 1 N–H and O–H groups in total. The van der Waals surface area contributed by atoms with Gasteiger partial charge in [-0.15, -0.1) is 0 Å². The van der Waals surface area contributed by atoms with E-state index in [4.69, 9.17) is 5.11 Å². The first-order valence-electron chi connectivity index (χ1n) is 6.27. The highest BCUT2D eigenvalue weighted by atomic mass is 32.2. The van der Waals surface area contributed by atoms with E-state index >= 15 is 0 Å². The second-order valence-electron chi connectivity index (χ2n) is 4.05. The Labute approximate surface area is 97.6 Å². The molecular formula is C12H26O2S. The third kappa shape index (κ3) is 12.2. The van der Waals surface area contributed by atoms with Crippen molar-refractivity contribution >= 4 is 11.2 Å². The summed E-state index contributed by atoms with van der Waals surface area (Å²) >= 11 is -0.780. The molecule has 1 unspecified atom stereocenters. The smallest absolute Gasteiger partial charge is 0.128 e. The topological polar surface area (TPSA) is 43.3 Å². The summed E-state index contributed by atoms with van der Waals surface area (Å²) in [5, 5.41) is 8.57. The van der Waals surface area contributed by atoms with Gasteiger partial charge in [0.1, 0.15) is 11.5 Å². The molecule has 92 valence electrons. The van der Waals surface area contributed by atoms with Crippen LogP contribution in [0, 0.1) is 0 Å². The number of hydrogen-bond donors (Lipinski definition) is 1. The van der Waals surface area contributed by atoms with Crippen LogP contribution in [0.5, 0.6) is 0 Å². The molecule has 15 heavy (non-hydrogen) atoms. The Bertz CT molecular complexity index is 120. The van der Waals surface area contributed by atoms with Gasteiger partial charge in [0.2, 0.25) is 0 Å². The lowest BCUT2D eigenvalue weighted by Crippen LogP contribution is -2.13. The van der Waals surface area contributed by atoms with Gasteiger partial charge < -0.3 is 9.66 Å². The first-order valence-corrected chi connectivity index (χ1v) is 7.76. The molecule has 0 heterocycles. The number of aliphatic hydroxyl groups excluding tert-OH is 1. The summed E-state index contributed by atoms with van der Waals surface area (Å²) in [7, 11) is 0. The third-order valence-electron chi connectivity index (χ3n) is 2.54. The number of rotatable bonds is 11. The molecule has 0 spiro atoms. The van der Waals surface area contributed by atoms with E-state index < -0.39 is 11.2 Å². The Balaban J connectivity index is 2.98. The van der Waals surface area contributed by atoms with E-state index in [1.165, 1.54) is 44.9 Å². The SMILES string of the molecule is CCCCCCCCCC[S+]([O-])CCO. The van der Waals surface area contributed by atoms with Crippen molar-refractivity contribution in [1.29, 1.82) is 0 Å². The van der Waals surface area contributed by atoms with Crippen LogP contribution in [0.4, 0.5) is 0 Å². The average Bonchev–Trinajstić information content (AvgIpc) is 2.22. The third-order valence-corrected chi connectivity index (χ3v) is 3.93. The highest BCUT2D eigenvalue weighted by Crippen LogP contribution is 2.09. The lowest BCUT2D eigenvalue weighted by Gasteiger charge is -2.08. The monoisotopic (exact) mass is 234 g/mol. The number of unbranched alkanes of at least 4 members (excludes halogenated alkanes) is 7. The van der Waals surface area contributed by atoms with Crippen molar-refractivity contribution in [3.05, 3.63) is 0 Å². The standard InChI is InChI=1S/C12H26O2S/c1-2-3-4-5-6-7-8-9-11-15(14)12-10-13/h13H,2-12H2,1H3. The molecule has 0 rings (SSSR count). The van der Waals surface area contributed by atoms with Crippen LogP contribution in [-0.4, -0.2) is 27.8 Å². The summed E-state index contributed by atoms with van der Waals surface area (Å²) in [5.74, 6) is 1.23. The van der Waals surface area contributed by atoms with Crippen LogP contribution in [0.1, 0.15) is 58.3 Å². The van der Waals surface area contributed by atoms with E-state index in [9.17, 15) is 4.55 Å². The van der Waals surface area contributed by atoms with Crippen molar-refractivity contribution in [1.82, 2.24) is 0 Å². The predicted octanol–water partition coefficient (Wildman–Crippen LogP) is 2.87. The van der Waals surface area contributed by atoms with E-state index in [1.807, 2.05) is 0 Å². The van der Waals surface area contributed by atoms with Gasteiger partial charge in [-0.25, -0.2) is 0 Å². The van der Waals surface area contributed by atoms with Gasteiger partial charge in [-0.2, -0.15) is 0 Å². The average molecular weight is 234 g/mol. The van der Waals surface area contributed by atoms with Gasteiger partial charge in [0.25, 0.3) is 0 Å². The Morgan fingerprint density at radius 2 is 1.40 bits per heavy atom. The summed E-state index contributed by atoms with van der Waals surface area (Å²) in [5.41, 5.74) is 0. The molecule has 0 aliphatic rings. The summed E-state index contributed by atoms with van der Waals surface area (Å²) in [6, 6.07) is 0. The molecule has 0 fully saturated rings. The fourth-order valence-corrected chi connectivity index (χ4v) is 2.53. The largest absolute Gasteiger partial charge is 0.616 e. The maximum Gasteiger partial charge on any atom is 0.128 e. The van der Waals surface area contributed by atoms with Crippen molar-refractivity contribution in [3.8, 4) is 0 Å². The van der Waals surface area contributed by atoms with Gasteiger partial charge in [0.05, 0.1) is 6.61 Å². The Kier molecular flexibility index (Phi) is 12.6. The molecule has 0 radical (unpaired) electrons. The zero-order valence-electron chi connectivity index (χ0n) is 10.0. The second-order valence-corrected chi connectivity index (χ2v) is 5.74. The zero-order chi connectivity index (χ0) is 11.4. The molecule has 0 bridgehead atoms. The van der Waals surface area contributed by atoms with Crippen molar-refractivity contribution < 1.29 is 9.66 Å². The predicted molar refractivity (Wildman–Crippen MR) is 67.6 cm³/mol. The molecule has 0 aliphatic heterocycles. The van der Waals surface area contributed by atoms with Crippen LogP contribution in [0.15, 0.2) is 0 Å². The van der Waals surface area contributed by atoms with Gasteiger partial charge in [0, 0.05) is 0 Å². The molecule has 0 aromatic heterocycles. The van der Waals surface area contributed by atoms with E-state index in [1.54, 1.807) is 0 Å². The quantitative estimate of drug-likeness (QED) is 0.441. The molecule has 3 heteroatoms. The Hall–Kier alpha value is 0.270. The van der Waals surface area contributed by atoms with Crippen molar-refractivity contribution in [3.63, 3.8) is 0 Å². The molecule has 0 aromatic carbocycles.